The molecule has 1 fully saturated rings. The van der Waals surface area contributed by atoms with Crippen LogP contribution in [0.2, 0.25) is 0 Å². The minimum Gasteiger partial charge on any atom is -0.490 e. The van der Waals surface area contributed by atoms with Gasteiger partial charge in [-0.1, -0.05) is 18.2 Å². The van der Waals surface area contributed by atoms with Crippen LogP contribution in [0.25, 0.3) is 10.9 Å². The van der Waals surface area contributed by atoms with Gasteiger partial charge in [-0.15, -0.1) is 0 Å². The number of piperazine rings is 1. The second kappa shape index (κ2) is 6.96. The van der Waals surface area contributed by atoms with Crippen LogP contribution in [-0.4, -0.2) is 63.7 Å². The topological polar surface area (TPSA) is 66.8 Å². The highest BCUT2D eigenvalue weighted by Crippen LogP contribution is 2.35. The van der Waals surface area contributed by atoms with E-state index in [9.17, 15) is 8.42 Å². The number of para-hydroxylation sites is 1. The van der Waals surface area contributed by atoms with Gasteiger partial charge in [0.25, 0.3) is 10.0 Å². The van der Waals surface area contributed by atoms with Crippen LogP contribution in [-0.2, 0) is 10.0 Å². The lowest BCUT2D eigenvalue weighted by atomic mass is 10.2. The number of nitrogens with one attached hydrogen (secondary N) is 1. The summed E-state index contributed by atoms with van der Waals surface area (Å²) in [6.07, 6.45) is 1.77. The van der Waals surface area contributed by atoms with E-state index in [2.05, 4.69) is 22.2 Å². The van der Waals surface area contributed by atoms with Gasteiger partial charge in [0.2, 0.25) is 0 Å². The van der Waals surface area contributed by atoms with Crippen molar-refractivity contribution < 1.29 is 13.2 Å². The number of fused-ring (bicyclic) bond motifs is 2. The molecule has 2 aliphatic rings. The van der Waals surface area contributed by atoms with Crippen molar-refractivity contribution in [1.82, 2.24) is 8.87 Å². The number of aromatic nitrogens is 1. The number of hydrogen-bond donors (Lipinski definition) is 1. The van der Waals surface area contributed by atoms with Crippen molar-refractivity contribution >= 4 is 32.3 Å². The maximum Gasteiger partial charge on any atom is 0.268 e. The molecule has 8 heteroatoms. The molecule has 5 rings (SSSR count). The summed E-state index contributed by atoms with van der Waals surface area (Å²) in [4.78, 5) is 4.78. The highest BCUT2D eigenvalue weighted by Gasteiger charge is 2.26. The smallest absolute Gasteiger partial charge is 0.268 e. The minimum absolute atomic E-state index is 0.227. The molecule has 1 N–H and O–H groups in total. The third-order valence-electron chi connectivity index (χ3n) is 5.69. The molecule has 0 unspecified atom stereocenters. The molecule has 0 aliphatic carbocycles. The van der Waals surface area contributed by atoms with Crippen LogP contribution < -0.4 is 15.0 Å². The summed E-state index contributed by atoms with van der Waals surface area (Å²) >= 11 is 0. The lowest BCUT2D eigenvalue weighted by Gasteiger charge is -2.33. The monoisotopic (exact) mass is 412 g/mol. The number of nitrogens with zero attached hydrogens (tertiary/aromatic N) is 3. The molecule has 3 heterocycles. The Labute approximate surface area is 170 Å². The molecule has 1 saturated heterocycles. The molecule has 29 heavy (non-hydrogen) atoms. The van der Waals surface area contributed by atoms with Crippen LogP contribution in [0.3, 0.4) is 0 Å². The predicted molar refractivity (Wildman–Crippen MR) is 115 cm³/mol. The molecule has 0 atom stereocenters. The van der Waals surface area contributed by atoms with Gasteiger partial charge in [-0.05, 0) is 25.2 Å². The van der Waals surface area contributed by atoms with Crippen molar-refractivity contribution in [3.05, 3.63) is 48.7 Å². The van der Waals surface area contributed by atoms with Crippen molar-refractivity contribution in [1.29, 1.82) is 0 Å². The quantitative estimate of drug-likeness (QED) is 0.713. The van der Waals surface area contributed by atoms with E-state index in [0.29, 0.717) is 17.9 Å². The number of anilines is 2. The third kappa shape index (κ3) is 3.12. The first-order chi connectivity index (χ1) is 14.0. The van der Waals surface area contributed by atoms with Crippen LogP contribution in [0, 0.1) is 0 Å². The van der Waals surface area contributed by atoms with E-state index in [1.807, 2.05) is 24.3 Å². The Morgan fingerprint density at radius 1 is 1.03 bits per heavy atom. The summed E-state index contributed by atoms with van der Waals surface area (Å²) in [5.74, 6) is 0.577. The number of hydrogen-bond acceptors (Lipinski definition) is 6. The van der Waals surface area contributed by atoms with Crippen molar-refractivity contribution in [2.75, 3.05) is 56.6 Å². The zero-order valence-electron chi connectivity index (χ0n) is 16.3. The van der Waals surface area contributed by atoms with Gasteiger partial charge in [-0.25, -0.2) is 12.4 Å². The van der Waals surface area contributed by atoms with Gasteiger partial charge in [0, 0.05) is 50.4 Å². The van der Waals surface area contributed by atoms with E-state index >= 15 is 0 Å². The van der Waals surface area contributed by atoms with Crippen LogP contribution >= 0.6 is 0 Å². The lowest BCUT2D eigenvalue weighted by Crippen LogP contribution is -2.44. The largest absolute Gasteiger partial charge is 0.490 e. The average molecular weight is 413 g/mol. The molecule has 0 amide bonds. The fourth-order valence-corrected chi connectivity index (χ4v) is 5.40. The van der Waals surface area contributed by atoms with Crippen molar-refractivity contribution in [2.45, 2.75) is 4.90 Å². The summed E-state index contributed by atoms with van der Waals surface area (Å²) in [5.41, 5.74) is 2.48. The first-order valence-corrected chi connectivity index (χ1v) is 11.3. The molecule has 7 nitrogen and oxygen atoms in total. The molecule has 0 radical (unpaired) electrons. The Hall–Kier alpha value is -2.71. The lowest BCUT2D eigenvalue weighted by molar-refractivity contribution is 0.313. The SMILES string of the molecule is CN1CCN(c2cn(S(=O)(=O)c3ccc4c(c3)OCCN4)c3ccccc23)CC1. The first-order valence-electron chi connectivity index (χ1n) is 9.84. The zero-order chi connectivity index (χ0) is 20.0. The van der Waals surface area contributed by atoms with Crippen molar-refractivity contribution in [3.63, 3.8) is 0 Å². The molecule has 0 spiro atoms. The standard InChI is InChI=1S/C21H24N4O3S/c1-23-9-11-24(12-10-23)20-15-25(19-5-3-2-4-17(19)20)29(26,27)16-6-7-18-21(14-16)28-13-8-22-18/h2-7,14-15,22H,8-13H2,1H3. The predicted octanol–water partition coefficient (Wildman–Crippen LogP) is 2.43. The van der Waals surface area contributed by atoms with Gasteiger partial charge < -0.3 is 19.9 Å². The third-order valence-corrected chi connectivity index (χ3v) is 7.36. The molecule has 0 saturated carbocycles. The maximum atomic E-state index is 13.5. The van der Waals surface area contributed by atoms with Gasteiger partial charge in [-0.2, -0.15) is 0 Å². The summed E-state index contributed by atoms with van der Waals surface area (Å²) in [7, 11) is -1.65. The fraction of sp³-hybridized carbons (Fsp3) is 0.333. The Bertz CT molecular complexity index is 1160. The average Bonchev–Trinajstić information content (AvgIpc) is 3.14. The van der Waals surface area contributed by atoms with E-state index in [1.54, 1.807) is 24.4 Å². The van der Waals surface area contributed by atoms with Crippen molar-refractivity contribution in [2.24, 2.45) is 0 Å². The highest BCUT2D eigenvalue weighted by atomic mass is 32.2. The molecular weight excluding hydrogens is 388 g/mol. The van der Waals surface area contributed by atoms with Gasteiger partial charge in [0.15, 0.2) is 0 Å². The number of benzene rings is 2. The highest BCUT2D eigenvalue weighted by molar-refractivity contribution is 7.90. The van der Waals surface area contributed by atoms with Crippen LogP contribution in [0.1, 0.15) is 0 Å². The second-order valence-electron chi connectivity index (χ2n) is 7.56. The maximum absolute atomic E-state index is 13.5. The van der Waals surface area contributed by atoms with Crippen LogP contribution in [0.15, 0.2) is 53.6 Å². The Morgan fingerprint density at radius 3 is 2.66 bits per heavy atom. The van der Waals surface area contributed by atoms with Crippen molar-refractivity contribution in [3.8, 4) is 5.75 Å². The summed E-state index contributed by atoms with van der Waals surface area (Å²) in [5, 5.41) is 4.18. The summed E-state index contributed by atoms with van der Waals surface area (Å²) < 4.78 is 34.1. The first kappa shape index (κ1) is 18.3. The van der Waals surface area contributed by atoms with E-state index in [-0.39, 0.29) is 4.90 Å². The van der Waals surface area contributed by atoms with Gasteiger partial charge in [0.1, 0.15) is 12.4 Å². The molecule has 152 valence electrons. The van der Waals surface area contributed by atoms with E-state index < -0.39 is 10.0 Å². The Balaban J connectivity index is 1.61. The molecule has 0 bridgehead atoms. The van der Waals surface area contributed by atoms with E-state index in [1.165, 1.54) is 3.97 Å². The molecule has 1 aromatic heterocycles. The summed E-state index contributed by atoms with van der Waals surface area (Å²) in [6.45, 7) is 4.92. The zero-order valence-corrected chi connectivity index (χ0v) is 17.2. The molecule has 2 aliphatic heterocycles. The number of ether oxygens (including phenoxy) is 1. The van der Waals surface area contributed by atoms with Gasteiger partial charge >= 0.3 is 0 Å². The van der Waals surface area contributed by atoms with Gasteiger partial charge in [0.05, 0.1) is 21.8 Å². The Kier molecular flexibility index (Phi) is 4.40. The van der Waals surface area contributed by atoms with Crippen LogP contribution in [0.4, 0.5) is 11.4 Å². The second-order valence-corrected chi connectivity index (χ2v) is 9.37. The fourth-order valence-electron chi connectivity index (χ4n) is 4.02. The minimum atomic E-state index is -3.76. The number of likely N-dealkylation sites (N-methyl/N-ethyl adjacent to an activating group) is 1. The van der Waals surface area contributed by atoms with Crippen LogP contribution in [0.5, 0.6) is 5.75 Å². The molecule has 3 aromatic rings. The summed E-state index contributed by atoms with van der Waals surface area (Å²) in [6, 6.07) is 12.7. The molecular formula is C21H24N4O3S. The normalized spacial score (nSPS) is 17.6. The Morgan fingerprint density at radius 2 is 1.83 bits per heavy atom. The van der Waals surface area contributed by atoms with E-state index in [0.717, 1.165) is 49.5 Å². The van der Waals surface area contributed by atoms with E-state index in [4.69, 9.17) is 4.74 Å². The number of rotatable bonds is 3. The molecule has 2 aromatic carbocycles. The van der Waals surface area contributed by atoms with Gasteiger partial charge in [-0.3, -0.25) is 0 Å².